The number of anilines is 1. The van der Waals surface area contributed by atoms with Crippen LogP contribution in [0.15, 0.2) is 35.8 Å². The first-order chi connectivity index (χ1) is 14.5. The standard InChI is InChI=1S/C23H26N4OS2/c1-5-26(6-2)9-10-27(22(28)17-7-8-18-20(13-17)29-14-24-18)23-25-19-11-15(3)16(4)12-21(19)30-23/h7-8,11-14H,5-6,9-10H2,1-4H3. The van der Waals surface area contributed by atoms with Crippen LogP contribution in [0.5, 0.6) is 0 Å². The van der Waals surface area contributed by atoms with Crippen molar-refractivity contribution in [2.24, 2.45) is 0 Å². The highest BCUT2D eigenvalue weighted by molar-refractivity contribution is 7.22. The quantitative estimate of drug-likeness (QED) is 0.382. The minimum atomic E-state index is -0.00930. The number of nitrogens with zero attached hydrogens (tertiary/aromatic N) is 4. The Kier molecular flexibility index (Phi) is 6.13. The molecule has 0 aliphatic carbocycles. The largest absolute Gasteiger partial charge is 0.302 e. The number of aryl methyl sites for hydroxylation is 2. The summed E-state index contributed by atoms with van der Waals surface area (Å²) < 4.78 is 2.15. The van der Waals surface area contributed by atoms with Gasteiger partial charge in [-0.05, 0) is 68.4 Å². The summed E-state index contributed by atoms with van der Waals surface area (Å²) in [6.45, 7) is 11.9. The Morgan fingerprint density at radius 3 is 2.50 bits per heavy atom. The van der Waals surface area contributed by atoms with Gasteiger partial charge in [-0.1, -0.05) is 25.2 Å². The van der Waals surface area contributed by atoms with Crippen LogP contribution < -0.4 is 4.90 Å². The van der Waals surface area contributed by atoms with Crippen molar-refractivity contribution < 1.29 is 4.79 Å². The van der Waals surface area contributed by atoms with E-state index in [0.29, 0.717) is 12.1 Å². The summed E-state index contributed by atoms with van der Waals surface area (Å²) in [7, 11) is 0. The number of hydrogen-bond acceptors (Lipinski definition) is 6. The van der Waals surface area contributed by atoms with Crippen molar-refractivity contribution >= 4 is 54.1 Å². The summed E-state index contributed by atoms with van der Waals surface area (Å²) in [5.41, 5.74) is 6.84. The molecule has 0 fully saturated rings. The molecule has 5 nitrogen and oxygen atoms in total. The number of aromatic nitrogens is 2. The van der Waals surface area contributed by atoms with E-state index in [1.807, 2.05) is 28.6 Å². The zero-order valence-corrected chi connectivity index (χ0v) is 19.4. The van der Waals surface area contributed by atoms with Gasteiger partial charge >= 0.3 is 0 Å². The van der Waals surface area contributed by atoms with E-state index in [1.165, 1.54) is 11.1 Å². The number of benzene rings is 2. The molecule has 0 aliphatic rings. The fraction of sp³-hybridized carbons (Fsp3) is 0.348. The predicted molar refractivity (Wildman–Crippen MR) is 128 cm³/mol. The summed E-state index contributed by atoms with van der Waals surface area (Å²) in [5.74, 6) is -0.00930. The third-order valence-electron chi connectivity index (χ3n) is 5.58. The van der Waals surface area contributed by atoms with Gasteiger partial charge < -0.3 is 4.90 Å². The molecule has 4 rings (SSSR count). The van der Waals surface area contributed by atoms with Gasteiger partial charge in [-0.15, -0.1) is 11.3 Å². The maximum absolute atomic E-state index is 13.6. The number of rotatable bonds is 7. The second-order valence-corrected chi connectivity index (χ2v) is 9.31. The van der Waals surface area contributed by atoms with Gasteiger partial charge in [0.1, 0.15) is 0 Å². The van der Waals surface area contributed by atoms with Gasteiger partial charge in [-0.3, -0.25) is 9.69 Å². The number of thiazole rings is 2. The summed E-state index contributed by atoms with van der Waals surface area (Å²) in [5, 5.41) is 0.761. The van der Waals surface area contributed by atoms with Crippen molar-refractivity contribution in [3.05, 3.63) is 52.5 Å². The van der Waals surface area contributed by atoms with E-state index in [9.17, 15) is 4.79 Å². The highest BCUT2D eigenvalue weighted by Crippen LogP contribution is 2.32. The van der Waals surface area contributed by atoms with Crippen LogP contribution in [0.3, 0.4) is 0 Å². The van der Waals surface area contributed by atoms with Crippen LogP contribution in [0.25, 0.3) is 20.4 Å². The molecule has 0 spiro atoms. The fourth-order valence-corrected chi connectivity index (χ4v) is 5.28. The van der Waals surface area contributed by atoms with Crippen molar-refractivity contribution in [2.75, 3.05) is 31.1 Å². The molecular weight excluding hydrogens is 412 g/mol. The summed E-state index contributed by atoms with van der Waals surface area (Å²) in [6, 6.07) is 10.0. The zero-order valence-electron chi connectivity index (χ0n) is 17.8. The van der Waals surface area contributed by atoms with Crippen LogP contribution in [0.1, 0.15) is 35.3 Å². The molecule has 0 unspecified atom stereocenters. The highest BCUT2D eigenvalue weighted by Gasteiger charge is 2.22. The van der Waals surface area contributed by atoms with Crippen molar-refractivity contribution in [3.63, 3.8) is 0 Å². The second kappa shape index (κ2) is 8.79. The van der Waals surface area contributed by atoms with Crippen LogP contribution in [-0.2, 0) is 0 Å². The van der Waals surface area contributed by atoms with Crippen LogP contribution in [0.4, 0.5) is 5.13 Å². The third-order valence-corrected chi connectivity index (χ3v) is 7.41. The van der Waals surface area contributed by atoms with Gasteiger partial charge in [0.05, 0.1) is 25.9 Å². The molecule has 0 saturated heterocycles. The van der Waals surface area contributed by atoms with E-state index in [0.717, 1.165) is 45.2 Å². The molecule has 0 aliphatic heterocycles. The number of carbonyl (C=O) groups excluding carboxylic acids is 1. The lowest BCUT2D eigenvalue weighted by Gasteiger charge is -2.24. The lowest BCUT2D eigenvalue weighted by molar-refractivity contribution is 0.0984. The normalized spacial score (nSPS) is 11.6. The number of likely N-dealkylation sites (N-methyl/N-ethyl adjacent to an activating group) is 1. The molecule has 0 N–H and O–H groups in total. The highest BCUT2D eigenvalue weighted by atomic mass is 32.1. The van der Waals surface area contributed by atoms with Gasteiger partial charge in [-0.2, -0.15) is 0 Å². The first-order valence-electron chi connectivity index (χ1n) is 10.3. The molecule has 2 aromatic heterocycles. The first-order valence-corrected chi connectivity index (χ1v) is 11.9. The second-order valence-electron chi connectivity index (χ2n) is 7.42. The zero-order chi connectivity index (χ0) is 21.3. The fourth-order valence-electron chi connectivity index (χ4n) is 3.49. The summed E-state index contributed by atoms with van der Waals surface area (Å²) in [6.07, 6.45) is 0. The molecule has 2 aromatic carbocycles. The molecule has 2 heterocycles. The molecule has 156 valence electrons. The number of hydrogen-bond donors (Lipinski definition) is 0. The van der Waals surface area contributed by atoms with Crippen molar-refractivity contribution in [1.82, 2.24) is 14.9 Å². The van der Waals surface area contributed by atoms with Crippen LogP contribution in [0.2, 0.25) is 0 Å². The Morgan fingerprint density at radius 2 is 1.73 bits per heavy atom. The van der Waals surface area contributed by atoms with E-state index < -0.39 is 0 Å². The van der Waals surface area contributed by atoms with Gasteiger partial charge in [0, 0.05) is 18.7 Å². The molecule has 4 aromatic rings. The van der Waals surface area contributed by atoms with Gasteiger partial charge in [0.25, 0.3) is 5.91 Å². The van der Waals surface area contributed by atoms with E-state index in [1.54, 1.807) is 22.7 Å². The van der Waals surface area contributed by atoms with Gasteiger partial charge in [0.15, 0.2) is 5.13 Å². The van der Waals surface area contributed by atoms with Crippen LogP contribution in [0, 0.1) is 13.8 Å². The molecular formula is C23H26N4OS2. The van der Waals surface area contributed by atoms with E-state index in [4.69, 9.17) is 4.98 Å². The first kappa shape index (κ1) is 20.9. The minimum Gasteiger partial charge on any atom is -0.302 e. The lowest BCUT2D eigenvalue weighted by atomic mass is 10.1. The Morgan fingerprint density at radius 1 is 0.967 bits per heavy atom. The molecule has 0 bridgehead atoms. The topological polar surface area (TPSA) is 49.3 Å². The Bertz CT molecular complexity index is 1150. The van der Waals surface area contributed by atoms with E-state index in [2.05, 4.69) is 49.7 Å². The summed E-state index contributed by atoms with van der Waals surface area (Å²) >= 11 is 3.14. The van der Waals surface area contributed by atoms with Crippen LogP contribution >= 0.6 is 22.7 Å². The SMILES string of the molecule is CCN(CC)CCN(C(=O)c1ccc2ncsc2c1)c1nc2cc(C)c(C)cc2s1. The van der Waals surface area contributed by atoms with Crippen molar-refractivity contribution in [2.45, 2.75) is 27.7 Å². The Labute approximate surface area is 185 Å². The maximum atomic E-state index is 13.6. The van der Waals surface area contributed by atoms with Crippen molar-refractivity contribution in [1.29, 1.82) is 0 Å². The van der Waals surface area contributed by atoms with E-state index in [-0.39, 0.29) is 5.91 Å². The lowest BCUT2D eigenvalue weighted by Crippen LogP contribution is -2.38. The molecule has 0 radical (unpaired) electrons. The monoisotopic (exact) mass is 438 g/mol. The van der Waals surface area contributed by atoms with Crippen LogP contribution in [-0.4, -0.2) is 47.0 Å². The number of fused-ring (bicyclic) bond motifs is 2. The number of carbonyl (C=O) groups is 1. The average molecular weight is 439 g/mol. The smallest absolute Gasteiger partial charge is 0.260 e. The summed E-state index contributed by atoms with van der Waals surface area (Å²) in [4.78, 5) is 26.9. The average Bonchev–Trinajstić information content (AvgIpc) is 3.37. The molecule has 0 saturated carbocycles. The molecule has 0 atom stereocenters. The third kappa shape index (κ3) is 4.10. The molecule has 1 amide bonds. The maximum Gasteiger partial charge on any atom is 0.260 e. The van der Waals surface area contributed by atoms with Gasteiger partial charge in [0.2, 0.25) is 0 Å². The Hall–Kier alpha value is -2.35. The van der Waals surface area contributed by atoms with Crippen molar-refractivity contribution in [3.8, 4) is 0 Å². The minimum absolute atomic E-state index is 0.00930. The number of amides is 1. The Balaban J connectivity index is 1.72. The molecule has 7 heteroatoms. The predicted octanol–water partition coefficient (Wildman–Crippen LogP) is 5.51. The van der Waals surface area contributed by atoms with Gasteiger partial charge in [-0.25, -0.2) is 9.97 Å². The molecule has 30 heavy (non-hydrogen) atoms. The van der Waals surface area contributed by atoms with E-state index >= 15 is 0 Å².